The Labute approximate surface area is 297 Å². The molecule has 4 aromatic rings. The highest BCUT2D eigenvalue weighted by Crippen LogP contribution is 2.38. The summed E-state index contributed by atoms with van der Waals surface area (Å²) in [4.78, 5) is 38.7. The average Bonchev–Trinajstić information content (AvgIpc) is 3.62. The van der Waals surface area contributed by atoms with Crippen LogP contribution in [-0.4, -0.2) is 87.0 Å². The fourth-order valence-electron chi connectivity index (χ4n) is 7.52. The van der Waals surface area contributed by atoms with Crippen molar-refractivity contribution < 1.29 is 18.0 Å². The number of anilines is 2. The van der Waals surface area contributed by atoms with Gasteiger partial charge < -0.3 is 25.1 Å². The number of hydrogen-bond donors (Lipinski definition) is 3. The molecule has 0 spiro atoms. The molecule has 1 saturated heterocycles. The Morgan fingerprint density at radius 2 is 1.46 bits per heavy atom. The number of nitrogens with one attached hydrogen (secondary N) is 3. The first-order chi connectivity index (χ1) is 23.9. The molecule has 7 rings (SSSR count). The number of sulfonamides is 1. The Morgan fingerprint density at radius 1 is 0.860 bits per heavy atom. The third-order valence-electron chi connectivity index (χ3n) is 10.3. The Balaban J connectivity index is 1.06. The van der Waals surface area contributed by atoms with Crippen molar-refractivity contribution in [2.75, 3.05) is 43.1 Å². The van der Waals surface area contributed by atoms with Crippen LogP contribution in [0.5, 0.6) is 0 Å². The summed E-state index contributed by atoms with van der Waals surface area (Å²) in [6.45, 7) is 5.91. The maximum Gasteiger partial charge on any atom is 0.291 e. The fraction of sp³-hybridized carbons (Fsp3) is 0.429. The summed E-state index contributed by atoms with van der Waals surface area (Å²) in [5.41, 5.74) is 7.32. The number of aromatic nitrogens is 4. The minimum Gasteiger partial charge on any atom is -0.327 e. The molecular formula is C35H42ClN9O4S. The molecule has 50 heavy (non-hydrogen) atoms. The van der Waals surface area contributed by atoms with Crippen LogP contribution in [0.2, 0.25) is 5.02 Å². The van der Waals surface area contributed by atoms with Crippen LogP contribution in [0.15, 0.2) is 36.4 Å². The largest absolute Gasteiger partial charge is 0.327 e. The van der Waals surface area contributed by atoms with Gasteiger partial charge in [-0.2, -0.15) is 0 Å². The first-order valence-electron chi connectivity index (χ1n) is 16.9. The first kappa shape index (κ1) is 34.4. The van der Waals surface area contributed by atoms with E-state index in [9.17, 15) is 18.0 Å². The highest BCUT2D eigenvalue weighted by atomic mass is 35.5. The molecule has 3 aliphatic heterocycles. The van der Waals surface area contributed by atoms with Gasteiger partial charge >= 0.3 is 0 Å². The number of amides is 2. The van der Waals surface area contributed by atoms with Gasteiger partial charge in [0.15, 0.2) is 11.6 Å². The highest BCUT2D eigenvalue weighted by Gasteiger charge is 2.33. The van der Waals surface area contributed by atoms with Crippen LogP contribution in [0.25, 0.3) is 11.1 Å². The van der Waals surface area contributed by atoms with Gasteiger partial charge in [0.1, 0.15) is 0 Å². The number of carbonyl (C=O) groups is 2. The normalized spacial score (nSPS) is 17.3. The molecule has 0 bridgehead atoms. The van der Waals surface area contributed by atoms with Crippen molar-refractivity contribution in [3.05, 3.63) is 81.4 Å². The molecule has 0 aliphatic carbocycles. The Kier molecular flexibility index (Phi) is 9.33. The molecule has 15 heteroatoms. The number of nitrogens with zero attached hydrogens (tertiary/aromatic N) is 6. The minimum absolute atomic E-state index is 0.280. The lowest BCUT2D eigenvalue weighted by molar-refractivity contribution is 0.100. The van der Waals surface area contributed by atoms with Crippen LogP contribution >= 0.6 is 11.6 Å². The smallest absolute Gasteiger partial charge is 0.291 e. The van der Waals surface area contributed by atoms with E-state index in [1.165, 1.54) is 6.26 Å². The standard InChI is InChI=1S/C35H42ClN9O4S/c1-21-23(24-8-6-10-26(31(24)36)41-35(47)32-38-27-19-37-15-11-29(27)42(32)2)7-5-9-25(21)40-34(46)33-39-28-20-44(16-14-30(28)43(33)3)22-12-17-45(18-13-22)50(4,48)49/h5-10,22,37H,11-20H2,1-4H3,(H,40,46)(H,41,47). The molecular weight excluding hydrogens is 678 g/mol. The van der Waals surface area contributed by atoms with E-state index < -0.39 is 10.0 Å². The Bertz CT molecular complexity index is 2100. The van der Waals surface area contributed by atoms with E-state index in [4.69, 9.17) is 16.6 Å². The van der Waals surface area contributed by atoms with Crippen molar-refractivity contribution in [3.63, 3.8) is 0 Å². The molecule has 2 aromatic heterocycles. The molecule has 1 fully saturated rings. The van der Waals surface area contributed by atoms with Crippen LogP contribution in [0, 0.1) is 6.92 Å². The molecule has 13 nitrogen and oxygen atoms in total. The quantitative estimate of drug-likeness (QED) is 0.262. The van der Waals surface area contributed by atoms with Crippen molar-refractivity contribution in [2.24, 2.45) is 14.1 Å². The van der Waals surface area contributed by atoms with Crippen molar-refractivity contribution in [2.45, 2.75) is 51.7 Å². The van der Waals surface area contributed by atoms with Crippen LogP contribution in [0.3, 0.4) is 0 Å². The first-order valence-corrected chi connectivity index (χ1v) is 19.1. The number of rotatable bonds is 7. The zero-order chi connectivity index (χ0) is 35.3. The van der Waals surface area contributed by atoms with Gasteiger partial charge in [0, 0.05) is 94.9 Å². The summed E-state index contributed by atoms with van der Waals surface area (Å²) in [6.07, 6.45) is 4.40. The summed E-state index contributed by atoms with van der Waals surface area (Å²) >= 11 is 6.93. The van der Waals surface area contributed by atoms with Crippen LogP contribution < -0.4 is 16.0 Å². The van der Waals surface area contributed by atoms with Crippen molar-refractivity contribution >= 4 is 44.8 Å². The maximum atomic E-state index is 13.7. The molecule has 3 N–H and O–H groups in total. The number of piperidine rings is 1. The third kappa shape index (κ3) is 6.46. The van der Waals surface area contributed by atoms with Crippen molar-refractivity contribution in [1.29, 1.82) is 0 Å². The second-order valence-corrected chi connectivity index (χ2v) is 15.7. The van der Waals surface area contributed by atoms with Gasteiger partial charge in [-0.15, -0.1) is 0 Å². The van der Waals surface area contributed by atoms with E-state index in [-0.39, 0.29) is 17.9 Å². The van der Waals surface area contributed by atoms with Gasteiger partial charge in [-0.1, -0.05) is 35.9 Å². The summed E-state index contributed by atoms with van der Waals surface area (Å²) in [6, 6.07) is 11.4. The van der Waals surface area contributed by atoms with E-state index in [2.05, 4.69) is 25.8 Å². The molecule has 3 aliphatic rings. The number of fused-ring (bicyclic) bond motifs is 2. The zero-order valence-electron chi connectivity index (χ0n) is 28.7. The van der Waals surface area contributed by atoms with E-state index in [1.54, 1.807) is 10.4 Å². The predicted octanol–water partition coefficient (Wildman–Crippen LogP) is 3.71. The van der Waals surface area contributed by atoms with Crippen molar-refractivity contribution in [1.82, 2.24) is 33.6 Å². The highest BCUT2D eigenvalue weighted by molar-refractivity contribution is 7.88. The average molecular weight is 720 g/mol. The van der Waals surface area contributed by atoms with E-state index in [0.717, 1.165) is 78.2 Å². The van der Waals surface area contributed by atoms with Gasteiger partial charge in [0.25, 0.3) is 11.8 Å². The summed E-state index contributed by atoms with van der Waals surface area (Å²) in [5, 5.41) is 9.70. The van der Waals surface area contributed by atoms with E-state index in [0.29, 0.717) is 54.2 Å². The zero-order valence-corrected chi connectivity index (χ0v) is 30.3. The number of carbonyl (C=O) groups excluding carboxylic acids is 2. The molecule has 0 unspecified atom stereocenters. The Hall–Kier alpha value is -4.08. The molecule has 5 heterocycles. The summed E-state index contributed by atoms with van der Waals surface area (Å²) in [5.74, 6) is 0.0230. The number of benzene rings is 2. The monoisotopic (exact) mass is 719 g/mol. The van der Waals surface area contributed by atoms with E-state index in [1.807, 2.05) is 60.5 Å². The van der Waals surface area contributed by atoms with E-state index >= 15 is 0 Å². The van der Waals surface area contributed by atoms with Gasteiger partial charge in [-0.3, -0.25) is 14.5 Å². The second kappa shape index (κ2) is 13.6. The fourth-order valence-corrected chi connectivity index (χ4v) is 8.67. The van der Waals surface area contributed by atoms with Gasteiger partial charge in [0.05, 0.1) is 28.4 Å². The third-order valence-corrected chi connectivity index (χ3v) is 12.1. The molecule has 264 valence electrons. The summed E-state index contributed by atoms with van der Waals surface area (Å²) < 4.78 is 29.2. The van der Waals surface area contributed by atoms with Crippen LogP contribution in [0.4, 0.5) is 11.4 Å². The van der Waals surface area contributed by atoms with Crippen molar-refractivity contribution in [3.8, 4) is 11.1 Å². The Morgan fingerprint density at radius 3 is 2.12 bits per heavy atom. The van der Waals surface area contributed by atoms with Gasteiger partial charge in [-0.05, 0) is 43.0 Å². The predicted molar refractivity (Wildman–Crippen MR) is 193 cm³/mol. The molecule has 0 radical (unpaired) electrons. The molecule has 2 amide bonds. The second-order valence-electron chi connectivity index (χ2n) is 13.4. The topological polar surface area (TPSA) is 146 Å². The maximum absolute atomic E-state index is 13.7. The van der Waals surface area contributed by atoms with Crippen LogP contribution in [-0.2, 0) is 50.0 Å². The molecule has 2 aromatic carbocycles. The summed E-state index contributed by atoms with van der Waals surface area (Å²) in [7, 11) is 0.554. The molecule has 0 atom stereocenters. The lowest BCUT2D eigenvalue weighted by atomic mass is 9.98. The lowest BCUT2D eigenvalue weighted by Gasteiger charge is -2.39. The van der Waals surface area contributed by atoms with Gasteiger partial charge in [-0.25, -0.2) is 22.7 Å². The minimum atomic E-state index is -3.18. The van der Waals surface area contributed by atoms with Crippen LogP contribution in [0.1, 0.15) is 62.4 Å². The SMILES string of the molecule is Cc1c(NC(=O)c2nc3c(n2C)CCN(C2CCN(S(C)(=O)=O)CC2)C3)cccc1-c1cccc(NC(=O)c2nc3c(n2C)CCNC3)c1Cl. The van der Waals surface area contributed by atoms with Gasteiger partial charge in [0.2, 0.25) is 10.0 Å². The number of hydrogen-bond acceptors (Lipinski definition) is 8. The molecule has 0 saturated carbocycles. The number of halogens is 1. The lowest BCUT2D eigenvalue weighted by Crippen LogP contribution is -2.47. The number of imidazole rings is 2.